The van der Waals surface area contributed by atoms with E-state index >= 15 is 0 Å². The fraction of sp³-hybridized carbons (Fsp3) is 0.500. The van der Waals surface area contributed by atoms with E-state index in [0.29, 0.717) is 28.8 Å². The van der Waals surface area contributed by atoms with Gasteiger partial charge in [-0.15, -0.1) is 0 Å². The Morgan fingerprint density at radius 2 is 2.05 bits per heavy atom. The summed E-state index contributed by atoms with van der Waals surface area (Å²) in [4.78, 5) is 2.26. The molecule has 0 bridgehead atoms. The molecule has 1 aromatic rings. The van der Waals surface area contributed by atoms with E-state index in [4.69, 9.17) is 5.73 Å². The van der Waals surface area contributed by atoms with E-state index in [1.165, 1.54) is 6.07 Å². The molecule has 0 amide bonds. The summed E-state index contributed by atoms with van der Waals surface area (Å²) in [6.07, 6.45) is 0. The third-order valence-electron chi connectivity index (χ3n) is 2.91. The number of rotatable bonds is 6. The maximum atomic E-state index is 12.2. The molecule has 0 unspecified atom stereocenters. The summed E-state index contributed by atoms with van der Waals surface area (Å²) >= 11 is 3.28. The lowest BCUT2D eigenvalue weighted by molar-refractivity contribution is 0.358. The van der Waals surface area contributed by atoms with Crippen molar-refractivity contribution in [3.63, 3.8) is 0 Å². The van der Waals surface area contributed by atoms with Gasteiger partial charge in [-0.25, -0.2) is 13.1 Å². The molecule has 0 spiro atoms. The first-order chi connectivity index (χ1) is 8.77. The summed E-state index contributed by atoms with van der Waals surface area (Å²) in [5.74, 6) is 0. The molecule has 5 nitrogen and oxygen atoms in total. The summed E-state index contributed by atoms with van der Waals surface area (Å²) in [5.41, 5.74) is 6.82. The van der Waals surface area contributed by atoms with Crippen LogP contribution in [0.5, 0.6) is 0 Å². The highest BCUT2D eigenvalue weighted by Crippen LogP contribution is 2.26. The topological polar surface area (TPSA) is 75.4 Å². The predicted octanol–water partition coefficient (Wildman–Crippen LogP) is 1.57. The van der Waals surface area contributed by atoms with Crippen molar-refractivity contribution in [2.45, 2.75) is 18.7 Å². The number of anilines is 1. The van der Waals surface area contributed by atoms with Crippen LogP contribution < -0.4 is 10.5 Å². The molecule has 0 aromatic heterocycles. The van der Waals surface area contributed by atoms with Crippen LogP contribution in [0.25, 0.3) is 0 Å². The zero-order valence-electron chi connectivity index (χ0n) is 11.4. The van der Waals surface area contributed by atoms with Gasteiger partial charge in [-0.2, -0.15) is 0 Å². The smallest absolute Gasteiger partial charge is 0.240 e. The molecular formula is C12H20BrN3O2S. The standard InChI is InChI=1S/C12H20BrN3O2S/c1-4-16(3)6-5-15-19(17,18)12-8-11(14)10(13)7-9(12)2/h7-8,15H,4-6,14H2,1-3H3. The Labute approximate surface area is 123 Å². The minimum absolute atomic E-state index is 0.229. The van der Waals surface area contributed by atoms with Gasteiger partial charge in [0.15, 0.2) is 0 Å². The summed E-state index contributed by atoms with van der Waals surface area (Å²) in [7, 11) is -1.57. The summed E-state index contributed by atoms with van der Waals surface area (Å²) < 4.78 is 27.7. The lowest BCUT2D eigenvalue weighted by Gasteiger charge is -2.15. The molecule has 0 aliphatic heterocycles. The van der Waals surface area contributed by atoms with Crippen molar-refractivity contribution in [3.8, 4) is 0 Å². The second-order valence-corrected chi connectivity index (χ2v) is 7.02. The van der Waals surface area contributed by atoms with Crippen LogP contribution >= 0.6 is 15.9 Å². The van der Waals surface area contributed by atoms with Crippen LogP contribution in [0.1, 0.15) is 12.5 Å². The second kappa shape index (κ2) is 6.69. The zero-order valence-corrected chi connectivity index (χ0v) is 13.8. The molecule has 1 rings (SSSR count). The van der Waals surface area contributed by atoms with Gasteiger partial charge in [-0.3, -0.25) is 0 Å². The molecule has 19 heavy (non-hydrogen) atoms. The first-order valence-corrected chi connectivity index (χ1v) is 8.29. The monoisotopic (exact) mass is 349 g/mol. The molecule has 0 heterocycles. The van der Waals surface area contributed by atoms with Gasteiger partial charge >= 0.3 is 0 Å². The summed E-state index contributed by atoms with van der Waals surface area (Å²) in [6, 6.07) is 3.19. The predicted molar refractivity (Wildman–Crippen MR) is 81.7 cm³/mol. The lowest BCUT2D eigenvalue weighted by Crippen LogP contribution is -2.33. The number of nitrogens with two attached hydrogens (primary N) is 1. The van der Waals surface area contributed by atoms with E-state index in [2.05, 4.69) is 20.7 Å². The van der Waals surface area contributed by atoms with Crippen molar-refractivity contribution >= 4 is 31.6 Å². The number of halogens is 1. The van der Waals surface area contributed by atoms with Crippen molar-refractivity contribution in [3.05, 3.63) is 22.2 Å². The molecule has 0 atom stereocenters. The Morgan fingerprint density at radius 3 is 2.63 bits per heavy atom. The quantitative estimate of drug-likeness (QED) is 0.764. The molecule has 3 N–H and O–H groups in total. The Morgan fingerprint density at radius 1 is 1.42 bits per heavy atom. The number of likely N-dealkylation sites (N-methyl/N-ethyl adjacent to an activating group) is 1. The first kappa shape index (κ1) is 16.4. The number of sulfonamides is 1. The third-order valence-corrected chi connectivity index (χ3v) is 5.20. The lowest BCUT2D eigenvalue weighted by atomic mass is 10.2. The minimum Gasteiger partial charge on any atom is -0.398 e. The molecule has 0 fully saturated rings. The molecule has 7 heteroatoms. The average molecular weight is 350 g/mol. The van der Waals surface area contributed by atoms with Gasteiger partial charge in [0.1, 0.15) is 0 Å². The highest BCUT2D eigenvalue weighted by molar-refractivity contribution is 9.10. The fourth-order valence-electron chi connectivity index (χ4n) is 1.56. The molecule has 0 saturated carbocycles. The Balaban J connectivity index is 2.86. The maximum absolute atomic E-state index is 12.2. The van der Waals surface area contributed by atoms with Gasteiger partial charge < -0.3 is 10.6 Å². The zero-order chi connectivity index (χ0) is 14.6. The average Bonchev–Trinajstić information content (AvgIpc) is 2.33. The highest BCUT2D eigenvalue weighted by Gasteiger charge is 2.17. The van der Waals surface area contributed by atoms with Gasteiger partial charge in [0.05, 0.1) is 4.90 Å². The fourth-order valence-corrected chi connectivity index (χ4v) is 3.30. The Kier molecular flexibility index (Phi) is 5.79. The molecule has 0 aliphatic carbocycles. The van der Waals surface area contributed by atoms with Crippen molar-refractivity contribution in [2.24, 2.45) is 0 Å². The van der Waals surface area contributed by atoms with Gasteiger partial charge in [0.25, 0.3) is 0 Å². The third kappa shape index (κ3) is 4.45. The number of nitrogens with one attached hydrogen (secondary N) is 1. The van der Waals surface area contributed by atoms with Crippen LogP contribution in [0.3, 0.4) is 0 Å². The van der Waals surface area contributed by atoms with Crippen LogP contribution in [0.15, 0.2) is 21.5 Å². The van der Waals surface area contributed by atoms with Crippen LogP contribution in [0, 0.1) is 6.92 Å². The summed E-state index contributed by atoms with van der Waals surface area (Å²) in [5, 5.41) is 0. The van der Waals surface area contributed by atoms with E-state index in [1.54, 1.807) is 13.0 Å². The van der Waals surface area contributed by atoms with Crippen LogP contribution in [-0.4, -0.2) is 40.0 Å². The molecule has 1 aromatic carbocycles. The summed E-state index contributed by atoms with van der Waals surface area (Å²) in [6.45, 7) is 5.69. The van der Waals surface area contributed by atoms with Gasteiger partial charge in [0, 0.05) is 23.2 Å². The van der Waals surface area contributed by atoms with E-state index in [-0.39, 0.29) is 4.90 Å². The number of nitrogens with zero attached hydrogens (tertiary/aromatic N) is 1. The number of aryl methyl sites for hydroxylation is 1. The van der Waals surface area contributed by atoms with Crippen molar-refractivity contribution in [1.29, 1.82) is 0 Å². The first-order valence-electron chi connectivity index (χ1n) is 6.01. The van der Waals surface area contributed by atoms with E-state index in [1.807, 2.05) is 18.9 Å². The molecule has 0 aliphatic rings. The minimum atomic E-state index is -3.51. The molecular weight excluding hydrogens is 330 g/mol. The number of hydrogen-bond acceptors (Lipinski definition) is 4. The Bertz CT molecular complexity index is 546. The van der Waals surface area contributed by atoms with Crippen LogP contribution in [0.2, 0.25) is 0 Å². The largest absolute Gasteiger partial charge is 0.398 e. The number of nitrogen functional groups attached to an aromatic ring is 1. The van der Waals surface area contributed by atoms with Crippen molar-refractivity contribution in [2.75, 3.05) is 32.4 Å². The molecule has 0 radical (unpaired) electrons. The van der Waals surface area contributed by atoms with E-state index in [0.717, 1.165) is 6.54 Å². The SMILES string of the molecule is CCN(C)CCNS(=O)(=O)c1cc(N)c(Br)cc1C. The highest BCUT2D eigenvalue weighted by atomic mass is 79.9. The normalized spacial score (nSPS) is 12.1. The van der Waals surface area contributed by atoms with Gasteiger partial charge in [-0.1, -0.05) is 6.92 Å². The van der Waals surface area contributed by atoms with Gasteiger partial charge in [-0.05, 0) is 54.1 Å². The van der Waals surface area contributed by atoms with Crippen molar-refractivity contribution in [1.82, 2.24) is 9.62 Å². The van der Waals surface area contributed by atoms with Crippen LogP contribution in [-0.2, 0) is 10.0 Å². The number of hydrogen-bond donors (Lipinski definition) is 2. The van der Waals surface area contributed by atoms with E-state index in [9.17, 15) is 8.42 Å². The second-order valence-electron chi connectivity index (χ2n) is 4.43. The number of benzene rings is 1. The van der Waals surface area contributed by atoms with Crippen LogP contribution in [0.4, 0.5) is 5.69 Å². The molecule has 0 saturated heterocycles. The van der Waals surface area contributed by atoms with E-state index < -0.39 is 10.0 Å². The Hall–Kier alpha value is -0.630. The maximum Gasteiger partial charge on any atom is 0.240 e. The van der Waals surface area contributed by atoms with Gasteiger partial charge in [0.2, 0.25) is 10.0 Å². The van der Waals surface area contributed by atoms with Crippen molar-refractivity contribution < 1.29 is 8.42 Å². The molecule has 108 valence electrons.